The molecule has 1 fully saturated rings. The number of fused-ring (bicyclic) bond motifs is 4. The Labute approximate surface area is 204 Å². The van der Waals surface area contributed by atoms with E-state index in [-0.39, 0.29) is 11.8 Å². The summed E-state index contributed by atoms with van der Waals surface area (Å²) in [5.41, 5.74) is 11.8. The number of anilines is 2. The first-order valence-electron chi connectivity index (χ1n) is 12.3. The number of aromatic nitrogens is 2. The molecule has 1 aromatic heterocycles. The van der Waals surface area contributed by atoms with Gasteiger partial charge >= 0.3 is 0 Å². The van der Waals surface area contributed by atoms with Crippen molar-refractivity contribution in [3.8, 4) is 11.3 Å². The van der Waals surface area contributed by atoms with Crippen molar-refractivity contribution in [2.45, 2.75) is 19.3 Å². The lowest BCUT2D eigenvalue weighted by Crippen LogP contribution is -2.48. The van der Waals surface area contributed by atoms with Crippen molar-refractivity contribution in [2.24, 2.45) is 0 Å². The van der Waals surface area contributed by atoms with Crippen LogP contribution < -0.4 is 10.6 Å². The van der Waals surface area contributed by atoms with Crippen molar-refractivity contribution in [1.29, 1.82) is 0 Å². The van der Waals surface area contributed by atoms with Crippen LogP contribution in [0.15, 0.2) is 48.5 Å². The van der Waals surface area contributed by atoms with Crippen LogP contribution in [0.4, 0.5) is 11.8 Å². The standard InChI is InChI=1S/C27H28N6O2/c28-27-29-23-19-7-2-1-6-18(19)10-11-22(23)24(30-27)32-16-14-31(15-17-32)12-5-13-33-25(34)20-8-3-4-9-21(20)26(33)35/h1-4,6-9H,5,10-17H2,(H2,28,29,30). The highest BCUT2D eigenvalue weighted by Crippen LogP contribution is 2.37. The Balaban J connectivity index is 1.08. The van der Waals surface area contributed by atoms with Crippen molar-refractivity contribution in [1.82, 2.24) is 19.8 Å². The molecule has 3 aliphatic rings. The summed E-state index contributed by atoms with van der Waals surface area (Å²) >= 11 is 0. The number of benzene rings is 2. The highest BCUT2D eigenvalue weighted by Gasteiger charge is 2.34. The van der Waals surface area contributed by atoms with Gasteiger partial charge in [0.1, 0.15) is 5.82 Å². The molecule has 8 heteroatoms. The summed E-state index contributed by atoms with van der Waals surface area (Å²) in [5, 5.41) is 0. The molecule has 0 radical (unpaired) electrons. The van der Waals surface area contributed by atoms with Crippen LogP contribution in [0.1, 0.15) is 38.3 Å². The van der Waals surface area contributed by atoms with Crippen LogP contribution in [-0.4, -0.2) is 70.9 Å². The Hall–Kier alpha value is -3.78. The monoisotopic (exact) mass is 468 g/mol. The van der Waals surface area contributed by atoms with Crippen LogP contribution >= 0.6 is 0 Å². The number of aryl methyl sites for hydroxylation is 1. The zero-order chi connectivity index (χ0) is 23.9. The van der Waals surface area contributed by atoms with E-state index < -0.39 is 0 Å². The van der Waals surface area contributed by atoms with Crippen LogP contribution in [0.25, 0.3) is 11.3 Å². The van der Waals surface area contributed by atoms with Crippen LogP contribution in [0.2, 0.25) is 0 Å². The molecule has 8 nitrogen and oxygen atoms in total. The van der Waals surface area contributed by atoms with Crippen molar-refractivity contribution >= 4 is 23.6 Å². The summed E-state index contributed by atoms with van der Waals surface area (Å²) in [5.74, 6) is 0.928. The van der Waals surface area contributed by atoms with E-state index in [0.29, 0.717) is 23.6 Å². The second-order valence-corrected chi connectivity index (χ2v) is 9.38. The molecule has 1 saturated heterocycles. The molecule has 6 rings (SSSR count). The Kier molecular flexibility index (Phi) is 5.45. The SMILES string of the molecule is Nc1nc2c(c(N3CCN(CCCN4C(=O)c5ccccc5C4=O)CC3)n1)CCc1ccccc1-2. The molecule has 1 aliphatic carbocycles. The third-order valence-electron chi connectivity index (χ3n) is 7.33. The number of carbonyl (C=O) groups is 2. The first kappa shape index (κ1) is 21.7. The van der Waals surface area contributed by atoms with Crippen LogP contribution in [0.5, 0.6) is 0 Å². The lowest BCUT2D eigenvalue weighted by Gasteiger charge is -2.37. The highest BCUT2D eigenvalue weighted by molar-refractivity contribution is 6.21. The number of hydrogen-bond acceptors (Lipinski definition) is 7. The minimum absolute atomic E-state index is 0.178. The van der Waals surface area contributed by atoms with Gasteiger partial charge in [-0.15, -0.1) is 0 Å². The fourth-order valence-electron chi connectivity index (χ4n) is 5.51. The van der Waals surface area contributed by atoms with E-state index in [0.717, 1.165) is 69.1 Å². The Morgan fingerprint density at radius 3 is 2.14 bits per heavy atom. The average molecular weight is 469 g/mol. The van der Waals surface area contributed by atoms with Crippen molar-refractivity contribution in [3.05, 3.63) is 70.8 Å². The maximum atomic E-state index is 12.6. The van der Waals surface area contributed by atoms with Gasteiger partial charge in [0.05, 0.1) is 16.8 Å². The topological polar surface area (TPSA) is 95.7 Å². The molecular formula is C27H28N6O2. The average Bonchev–Trinajstić information content (AvgIpc) is 3.13. The summed E-state index contributed by atoms with van der Waals surface area (Å²) in [4.78, 5) is 40.5. The first-order valence-corrected chi connectivity index (χ1v) is 12.3. The molecule has 0 atom stereocenters. The molecule has 3 aromatic rings. The van der Waals surface area contributed by atoms with Gasteiger partial charge in [0.25, 0.3) is 11.8 Å². The van der Waals surface area contributed by atoms with E-state index in [4.69, 9.17) is 5.73 Å². The molecule has 2 aromatic carbocycles. The molecule has 0 unspecified atom stereocenters. The second-order valence-electron chi connectivity index (χ2n) is 9.38. The molecule has 35 heavy (non-hydrogen) atoms. The third-order valence-corrected chi connectivity index (χ3v) is 7.33. The predicted molar refractivity (Wildman–Crippen MR) is 134 cm³/mol. The Morgan fingerprint density at radius 1 is 0.771 bits per heavy atom. The van der Waals surface area contributed by atoms with E-state index in [2.05, 4.69) is 38.0 Å². The number of piperazine rings is 1. The van der Waals surface area contributed by atoms with Crippen molar-refractivity contribution in [3.63, 3.8) is 0 Å². The molecular weight excluding hydrogens is 440 g/mol. The normalized spacial score (nSPS) is 17.4. The summed E-state index contributed by atoms with van der Waals surface area (Å²) < 4.78 is 0. The van der Waals surface area contributed by atoms with Gasteiger partial charge < -0.3 is 10.6 Å². The van der Waals surface area contributed by atoms with Gasteiger partial charge in [-0.25, -0.2) is 4.98 Å². The lowest BCUT2D eigenvalue weighted by molar-refractivity contribution is 0.0647. The molecule has 178 valence electrons. The molecule has 0 spiro atoms. The number of carbonyl (C=O) groups excluding carboxylic acids is 2. The van der Waals surface area contributed by atoms with E-state index in [1.54, 1.807) is 24.3 Å². The summed E-state index contributed by atoms with van der Waals surface area (Å²) in [6, 6.07) is 15.5. The van der Waals surface area contributed by atoms with Crippen LogP contribution in [0.3, 0.4) is 0 Å². The first-order chi connectivity index (χ1) is 17.1. The Morgan fingerprint density at radius 2 is 1.43 bits per heavy atom. The summed E-state index contributed by atoms with van der Waals surface area (Å²) in [6.07, 6.45) is 2.67. The molecule has 2 amide bonds. The Bertz CT molecular complexity index is 1280. The number of nitrogen functional groups attached to an aromatic ring is 1. The van der Waals surface area contributed by atoms with Gasteiger partial charge in [-0.05, 0) is 43.5 Å². The van der Waals surface area contributed by atoms with E-state index >= 15 is 0 Å². The van der Waals surface area contributed by atoms with Gasteiger partial charge in [0, 0.05) is 43.9 Å². The highest BCUT2D eigenvalue weighted by atomic mass is 16.2. The lowest BCUT2D eigenvalue weighted by atomic mass is 9.89. The van der Waals surface area contributed by atoms with Crippen molar-refractivity contribution < 1.29 is 9.59 Å². The van der Waals surface area contributed by atoms with E-state index in [1.807, 2.05) is 6.07 Å². The molecule has 0 bridgehead atoms. The van der Waals surface area contributed by atoms with Gasteiger partial charge in [0.2, 0.25) is 5.95 Å². The van der Waals surface area contributed by atoms with Crippen molar-refractivity contribution in [2.75, 3.05) is 49.9 Å². The molecule has 3 heterocycles. The predicted octanol–water partition coefficient (Wildman–Crippen LogP) is 2.63. The van der Waals surface area contributed by atoms with E-state index in [9.17, 15) is 9.59 Å². The summed E-state index contributed by atoms with van der Waals surface area (Å²) in [7, 11) is 0. The van der Waals surface area contributed by atoms with E-state index in [1.165, 1.54) is 16.0 Å². The van der Waals surface area contributed by atoms with Gasteiger partial charge in [-0.1, -0.05) is 36.4 Å². The molecule has 0 saturated carbocycles. The fourth-order valence-corrected chi connectivity index (χ4v) is 5.51. The smallest absolute Gasteiger partial charge is 0.261 e. The minimum atomic E-state index is -0.178. The summed E-state index contributed by atoms with van der Waals surface area (Å²) in [6.45, 7) is 4.81. The molecule has 2 aliphatic heterocycles. The zero-order valence-electron chi connectivity index (χ0n) is 19.6. The number of nitrogens with two attached hydrogens (primary N) is 1. The number of hydrogen-bond donors (Lipinski definition) is 1. The zero-order valence-corrected chi connectivity index (χ0v) is 19.6. The molecule has 2 N–H and O–H groups in total. The van der Waals surface area contributed by atoms with Gasteiger partial charge in [0.15, 0.2) is 0 Å². The number of nitrogens with zero attached hydrogens (tertiary/aromatic N) is 5. The maximum Gasteiger partial charge on any atom is 0.261 e. The number of imide groups is 1. The number of rotatable bonds is 5. The fraction of sp³-hybridized carbons (Fsp3) is 0.333. The number of amides is 2. The van der Waals surface area contributed by atoms with Crippen LogP contribution in [-0.2, 0) is 12.8 Å². The largest absolute Gasteiger partial charge is 0.368 e. The maximum absolute atomic E-state index is 12.6. The quantitative estimate of drug-likeness (QED) is 0.575. The second kappa shape index (κ2) is 8.78. The van der Waals surface area contributed by atoms with Crippen LogP contribution in [0, 0.1) is 0 Å². The minimum Gasteiger partial charge on any atom is -0.368 e. The van der Waals surface area contributed by atoms with Gasteiger partial charge in [-0.2, -0.15) is 4.98 Å². The van der Waals surface area contributed by atoms with Gasteiger partial charge in [-0.3, -0.25) is 19.4 Å². The third kappa shape index (κ3) is 3.83.